The van der Waals surface area contributed by atoms with Gasteiger partial charge in [-0.1, -0.05) is 6.42 Å². The maximum Gasteiger partial charge on any atom is 0.249 e. The van der Waals surface area contributed by atoms with Gasteiger partial charge in [-0.05, 0) is 25.7 Å². The van der Waals surface area contributed by atoms with Crippen molar-refractivity contribution in [2.45, 2.75) is 63.0 Å². The van der Waals surface area contributed by atoms with Gasteiger partial charge < -0.3 is 0 Å². The molecule has 1 heterocycles. The van der Waals surface area contributed by atoms with Gasteiger partial charge in [-0.25, -0.2) is 8.78 Å². The highest BCUT2D eigenvalue weighted by Crippen LogP contribution is 2.36. The first-order valence-corrected chi connectivity index (χ1v) is 7.50. The minimum absolute atomic E-state index is 0.0937. The topological polar surface area (TPSA) is 6.48 Å². The molecule has 1 saturated heterocycles. The number of nitrogens with zero attached hydrogens (tertiary/aromatic N) is 2. The minimum atomic E-state index is -2.41. The van der Waals surface area contributed by atoms with Crippen molar-refractivity contribution in [3.63, 3.8) is 0 Å². The van der Waals surface area contributed by atoms with Crippen molar-refractivity contribution >= 4 is 0 Å². The van der Waals surface area contributed by atoms with Crippen LogP contribution >= 0.6 is 0 Å². The van der Waals surface area contributed by atoms with Crippen LogP contribution in [0.25, 0.3) is 0 Å². The van der Waals surface area contributed by atoms with Crippen molar-refractivity contribution in [1.29, 1.82) is 0 Å². The van der Waals surface area contributed by atoms with Crippen molar-refractivity contribution in [1.82, 2.24) is 9.80 Å². The molecule has 0 aromatic carbocycles. The standard InChI is InChI=1S/C14H24F2N2/c15-14(16)6-2-5-13(11-14)18-9-7-17(8-10-18)12-3-1-4-12/h12-13H,1-11H2. The summed E-state index contributed by atoms with van der Waals surface area (Å²) in [5.74, 6) is -2.41. The van der Waals surface area contributed by atoms with Crippen LogP contribution in [0, 0.1) is 0 Å². The van der Waals surface area contributed by atoms with E-state index in [0.29, 0.717) is 6.42 Å². The molecule has 104 valence electrons. The fraction of sp³-hybridized carbons (Fsp3) is 1.00. The average molecular weight is 258 g/mol. The molecule has 3 fully saturated rings. The summed E-state index contributed by atoms with van der Waals surface area (Å²) in [5.41, 5.74) is 0. The maximum atomic E-state index is 13.4. The monoisotopic (exact) mass is 258 g/mol. The van der Waals surface area contributed by atoms with Crippen LogP contribution in [0.15, 0.2) is 0 Å². The van der Waals surface area contributed by atoms with Crippen LogP contribution in [0.1, 0.15) is 44.9 Å². The molecule has 1 atom stereocenters. The van der Waals surface area contributed by atoms with E-state index in [2.05, 4.69) is 9.80 Å². The molecule has 3 rings (SSSR count). The van der Waals surface area contributed by atoms with Crippen LogP contribution in [0.5, 0.6) is 0 Å². The van der Waals surface area contributed by atoms with Gasteiger partial charge in [0.25, 0.3) is 0 Å². The summed E-state index contributed by atoms with van der Waals surface area (Å²) in [6.45, 7) is 4.17. The van der Waals surface area contributed by atoms with Crippen LogP contribution in [-0.2, 0) is 0 Å². The molecule has 4 heteroatoms. The quantitative estimate of drug-likeness (QED) is 0.751. The molecule has 0 N–H and O–H groups in total. The van der Waals surface area contributed by atoms with Crippen molar-refractivity contribution in [3.8, 4) is 0 Å². The lowest BCUT2D eigenvalue weighted by molar-refractivity contribution is -0.0718. The molecular weight excluding hydrogens is 234 g/mol. The van der Waals surface area contributed by atoms with E-state index < -0.39 is 5.92 Å². The van der Waals surface area contributed by atoms with Crippen LogP contribution < -0.4 is 0 Å². The van der Waals surface area contributed by atoms with Gasteiger partial charge in [-0.15, -0.1) is 0 Å². The first-order chi connectivity index (χ1) is 8.64. The Kier molecular flexibility index (Phi) is 3.59. The highest BCUT2D eigenvalue weighted by molar-refractivity contribution is 4.89. The number of alkyl halides is 2. The van der Waals surface area contributed by atoms with Crippen molar-refractivity contribution in [2.24, 2.45) is 0 Å². The minimum Gasteiger partial charge on any atom is -0.298 e. The molecule has 0 spiro atoms. The van der Waals surface area contributed by atoms with E-state index in [0.717, 1.165) is 38.6 Å². The summed E-state index contributed by atoms with van der Waals surface area (Å²) < 4.78 is 26.9. The van der Waals surface area contributed by atoms with Crippen molar-refractivity contribution in [3.05, 3.63) is 0 Å². The Morgan fingerprint density at radius 3 is 1.83 bits per heavy atom. The number of hydrogen-bond donors (Lipinski definition) is 0. The second-order valence-electron chi connectivity index (χ2n) is 6.26. The lowest BCUT2D eigenvalue weighted by Gasteiger charge is -2.46. The molecule has 2 nitrogen and oxygen atoms in total. The largest absolute Gasteiger partial charge is 0.298 e. The van der Waals surface area contributed by atoms with Gasteiger partial charge in [0.15, 0.2) is 0 Å². The first kappa shape index (κ1) is 12.8. The highest BCUT2D eigenvalue weighted by atomic mass is 19.3. The summed E-state index contributed by atoms with van der Waals surface area (Å²) in [5, 5.41) is 0. The third-order valence-electron chi connectivity index (χ3n) is 5.07. The van der Waals surface area contributed by atoms with Gasteiger partial charge in [0.2, 0.25) is 5.92 Å². The molecule has 2 saturated carbocycles. The molecule has 0 aromatic rings. The molecule has 0 bridgehead atoms. The Balaban J connectivity index is 1.49. The van der Waals surface area contributed by atoms with Gasteiger partial charge in [0.05, 0.1) is 0 Å². The normalized spacial score (nSPS) is 35.3. The predicted molar refractivity (Wildman–Crippen MR) is 68.0 cm³/mol. The van der Waals surface area contributed by atoms with E-state index in [-0.39, 0.29) is 18.9 Å². The Labute approximate surface area is 108 Å². The van der Waals surface area contributed by atoms with Gasteiger partial charge in [-0.3, -0.25) is 9.80 Å². The van der Waals surface area contributed by atoms with Crippen molar-refractivity contribution < 1.29 is 8.78 Å². The van der Waals surface area contributed by atoms with E-state index in [1.165, 1.54) is 19.3 Å². The highest BCUT2D eigenvalue weighted by Gasteiger charge is 2.39. The Hall–Kier alpha value is -0.220. The van der Waals surface area contributed by atoms with Crippen LogP contribution in [0.3, 0.4) is 0 Å². The van der Waals surface area contributed by atoms with Crippen LogP contribution in [0.2, 0.25) is 0 Å². The molecule has 3 aliphatic rings. The lowest BCUT2D eigenvalue weighted by Crippen LogP contribution is -2.55. The summed E-state index contributed by atoms with van der Waals surface area (Å²) >= 11 is 0. The zero-order valence-electron chi connectivity index (χ0n) is 11.1. The van der Waals surface area contributed by atoms with Crippen molar-refractivity contribution in [2.75, 3.05) is 26.2 Å². The SMILES string of the molecule is FC1(F)CCCC(N2CCN(C3CCC3)CC2)C1. The van der Waals surface area contributed by atoms with E-state index in [4.69, 9.17) is 0 Å². The number of hydrogen-bond acceptors (Lipinski definition) is 2. The Bertz CT molecular complexity index is 284. The second kappa shape index (κ2) is 5.04. The molecule has 18 heavy (non-hydrogen) atoms. The molecular formula is C14H24F2N2. The maximum absolute atomic E-state index is 13.4. The molecule has 2 aliphatic carbocycles. The predicted octanol–water partition coefficient (Wildman–Crippen LogP) is 2.73. The Morgan fingerprint density at radius 1 is 0.778 bits per heavy atom. The smallest absolute Gasteiger partial charge is 0.249 e. The fourth-order valence-electron chi connectivity index (χ4n) is 3.68. The summed E-state index contributed by atoms with van der Waals surface area (Å²) in [7, 11) is 0. The van der Waals surface area contributed by atoms with Crippen LogP contribution in [0.4, 0.5) is 8.78 Å². The number of halogens is 2. The third-order valence-corrected chi connectivity index (χ3v) is 5.07. The zero-order valence-corrected chi connectivity index (χ0v) is 11.1. The first-order valence-electron chi connectivity index (χ1n) is 7.50. The summed E-state index contributed by atoms with van der Waals surface area (Å²) in [6.07, 6.45) is 5.93. The van der Waals surface area contributed by atoms with E-state index in [1.54, 1.807) is 0 Å². The molecule has 1 aliphatic heterocycles. The van der Waals surface area contributed by atoms with E-state index >= 15 is 0 Å². The van der Waals surface area contributed by atoms with E-state index in [1.807, 2.05) is 0 Å². The zero-order chi connectivity index (χ0) is 12.6. The van der Waals surface area contributed by atoms with Gasteiger partial charge in [-0.2, -0.15) is 0 Å². The number of piperazine rings is 1. The summed E-state index contributed by atoms with van der Waals surface area (Å²) in [6, 6.07) is 0.942. The van der Waals surface area contributed by atoms with E-state index in [9.17, 15) is 8.78 Å². The van der Waals surface area contributed by atoms with Gasteiger partial charge in [0, 0.05) is 51.1 Å². The number of rotatable bonds is 2. The lowest BCUT2D eigenvalue weighted by atomic mass is 9.89. The molecule has 1 unspecified atom stereocenters. The van der Waals surface area contributed by atoms with Gasteiger partial charge >= 0.3 is 0 Å². The molecule has 0 aromatic heterocycles. The molecule has 0 amide bonds. The van der Waals surface area contributed by atoms with Crippen LogP contribution in [-0.4, -0.2) is 54.0 Å². The molecule has 0 radical (unpaired) electrons. The average Bonchev–Trinajstić information content (AvgIpc) is 2.26. The van der Waals surface area contributed by atoms with Gasteiger partial charge in [0.1, 0.15) is 0 Å². The summed E-state index contributed by atoms with van der Waals surface area (Å²) in [4.78, 5) is 4.89. The third kappa shape index (κ3) is 2.69. The second-order valence-corrected chi connectivity index (χ2v) is 6.26. The fourth-order valence-corrected chi connectivity index (χ4v) is 3.68. The Morgan fingerprint density at radius 2 is 1.33 bits per heavy atom.